The maximum atomic E-state index is 13.3. The largest absolute Gasteiger partial charge is 0.339 e. The molecule has 6 heteroatoms. The monoisotopic (exact) mass is 578 g/mol. The second kappa shape index (κ2) is 14.5. The highest BCUT2D eigenvalue weighted by atomic mass is 16.2. The number of piperidine rings is 1. The van der Waals surface area contributed by atoms with Crippen LogP contribution in [0.1, 0.15) is 58.6 Å². The van der Waals surface area contributed by atoms with Crippen molar-refractivity contribution in [2.45, 2.75) is 57.2 Å². The van der Waals surface area contributed by atoms with Gasteiger partial charge in [-0.2, -0.15) is 0 Å². The first kappa shape index (κ1) is 30.6. The lowest BCUT2D eigenvalue weighted by Crippen LogP contribution is -2.51. The molecule has 1 unspecified atom stereocenters. The molecule has 0 bridgehead atoms. The number of benzene rings is 3. The molecule has 6 nitrogen and oxygen atoms in total. The van der Waals surface area contributed by atoms with E-state index in [0.717, 1.165) is 56.4 Å². The average Bonchev–Trinajstić information content (AvgIpc) is 3.47. The number of rotatable bonds is 10. The fourth-order valence-electron chi connectivity index (χ4n) is 6.94. The summed E-state index contributed by atoms with van der Waals surface area (Å²) in [5.41, 5.74) is 4.43. The highest BCUT2D eigenvalue weighted by Crippen LogP contribution is 2.42. The molecule has 3 aromatic rings. The summed E-state index contributed by atoms with van der Waals surface area (Å²) < 4.78 is 0. The Kier molecular flexibility index (Phi) is 10.3. The smallest absolute Gasteiger partial charge is 0.318 e. The van der Waals surface area contributed by atoms with Crippen molar-refractivity contribution in [1.82, 2.24) is 20.0 Å². The van der Waals surface area contributed by atoms with Crippen LogP contribution in [0.3, 0.4) is 0 Å². The van der Waals surface area contributed by atoms with Crippen molar-refractivity contribution in [1.29, 1.82) is 0 Å². The Morgan fingerprint density at radius 3 is 2.21 bits per heavy atom. The zero-order chi connectivity index (χ0) is 30.2. The number of urea groups is 1. The van der Waals surface area contributed by atoms with Gasteiger partial charge in [0.1, 0.15) is 0 Å². The Balaban J connectivity index is 1.19. The Bertz CT molecular complexity index is 1340. The van der Waals surface area contributed by atoms with Crippen molar-refractivity contribution >= 4 is 11.9 Å². The molecular weight excluding hydrogens is 532 g/mol. The molecule has 1 heterocycles. The molecule has 1 aliphatic heterocycles. The summed E-state index contributed by atoms with van der Waals surface area (Å²) in [6, 6.07) is 29.1. The average molecular weight is 579 g/mol. The van der Waals surface area contributed by atoms with E-state index in [4.69, 9.17) is 0 Å². The van der Waals surface area contributed by atoms with Crippen LogP contribution < -0.4 is 5.32 Å². The van der Waals surface area contributed by atoms with Crippen LogP contribution in [0.15, 0.2) is 97.6 Å². The third-order valence-electron chi connectivity index (χ3n) is 9.43. The molecule has 0 radical (unpaired) electrons. The lowest BCUT2D eigenvalue weighted by molar-refractivity contribution is 0.0727. The number of carbonyl (C=O) groups excluding carboxylic acids is 2. The van der Waals surface area contributed by atoms with E-state index in [2.05, 4.69) is 78.3 Å². The molecule has 1 saturated carbocycles. The number of likely N-dealkylation sites (tertiary alicyclic amines) is 1. The van der Waals surface area contributed by atoms with E-state index in [0.29, 0.717) is 24.9 Å². The molecule has 1 aliphatic carbocycles. The van der Waals surface area contributed by atoms with Crippen LogP contribution in [-0.4, -0.2) is 71.9 Å². The van der Waals surface area contributed by atoms with E-state index < -0.39 is 0 Å². The number of nitrogens with zero attached hydrogens (tertiary/aromatic N) is 3. The van der Waals surface area contributed by atoms with Crippen molar-refractivity contribution < 1.29 is 9.59 Å². The van der Waals surface area contributed by atoms with E-state index in [1.54, 1.807) is 0 Å². The molecule has 1 saturated heterocycles. The molecule has 2 aliphatic rings. The van der Waals surface area contributed by atoms with Crippen molar-refractivity contribution in [2.75, 3.05) is 33.2 Å². The minimum absolute atomic E-state index is 0.0205. The molecule has 3 aromatic carbocycles. The Labute approximate surface area is 257 Å². The van der Waals surface area contributed by atoms with Gasteiger partial charge in [-0.1, -0.05) is 84.4 Å². The Morgan fingerprint density at radius 2 is 1.56 bits per heavy atom. The third kappa shape index (κ3) is 7.74. The van der Waals surface area contributed by atoms with Crippen molar-refractivity contribution in [3.63, 3.8) is 0 Å². The van der Waals surface area contributed by atoms with Gasteiger partial charge in [0, 0.05) is 57.4 Å². The zero-order valence-corrected chi connectivity index (χ0v) is 25.7. The summed E-state index contributed by atoms with van der Waals surface area (Å²) >= 11 is 0. The first-order valence-electron chi connectivity index (χ1n) is 15.7. The number of carbonyl (C=O) groups is 2. The first-order valence-corrected chi connectivity index (χ1v) is 15.7. The van der Waals surface area contributed by atoms with Gasteiger partial charge in [0.15, 0.2) is 0 Å². The van der Waals surface area contributed by atoms with Gasteiger partial charge < -0.3 is 20.0 Å². The molecule has 2 fully saturated rings. The minimum atomic E-state index is -0.0205. The van der Waals surface area contributed by atoms with Crippen LogP contribution in [0, 0.1) is 12.8 Å². The molecule has 3 atom stereocenters. The zero-order valence-electron chi connectivity index (χ0n) is 25.7. The van der Waals surface area contributed by atoms with Gasteiger partial charge in [-0.3, -0.25) is 4.79 Å². The number of hydrogen-bond acceptors (Lipinski definition) is 3. The molecule has 5 rings (SSSR count). The maximum Gasteiger partial charge on any atom is 0.318 e. The topological polar surface area (TPSA) is 55.9 Å². The van der Waals surface area contributed by atoms with Crippen LogP contribution in [0.25, 0.3) is 0 Å². The normalized spacial score (nSPS) is 20.8. The molecule has 0 aromatic heterocycles. The van der Waals surface area contributed by atoms with E-state index >= 15 is 0 Å². The number of nitrogens with one attached hydrogen (secondary N) is 1. The van der Waals surface area contributed by atoms with Crippen LogP contribution in [-0.2, 0) is 6.54 Å². The molecule has 0 spiro atoms. The lowest BCUT2D eigenvalue weighted by atomic mass is 9.88. The molecule has 43 heavy (non-hydrogen) atoms. The highest BCUT2D eigenvalue weighted by Gasteiger charge is 2.40. The number of aryl methyl sites for hydroxylation is 1. The van der Waals surface area contributed by atoms with Gasteiger partial charge in [0.2, 0.25) is 0 Å². The molecular formula is C37H46N4O2. The highest BCUT2D eigenvalue weighted by molar-refractivity contribution is 5.94. The van der Waals surface area contributed by atoms with E-state index in [9.17, 15) is 9.59 Å². The lowest BCUT2D eigenvalue weighted by Gasteiger charge is -2.39. The quantitative estimate of drug-likeness (QED) is 0.280. The molecule has 1 N–H and O–H groups in total. The molecule has 226 valence electrons. The van der Waals surface area contributed by atoms with Gasteiger partial charge in [-0.25, -0.2) is 4.79 Å². The summed E-state index contributed by atoms with van der Waals surface area (Å²) in [4.78, 5) is 33.0. The van der Waals surface area contributed by atoms with Gasteiger partial charge in [-0.15, -0.1) is 6.58 Å². The van der Waals surface area contributed by atoms with E-state index in [-0.39, 0.29) is 24.0 Å². The second-order valence-electron chi connectivity index (χ2n) is 12.3. The van der Waals surface area contributed by atoms with Crippen molar-refractivity contribution in [3.8, 4) is 0 Å². The molecule has 3 amide bonds. The summed E-state index contributed by atoms with van der Waals surface area (Å²) in [6.45, 7) is 10.00. The Morgan fingerprint density at radius 1 is 0.907 bits per heavy atom. The minimum Gasteiger partial charge on any atom is -0.339 e. The summed E-state index contributed by atoms with van der Waals surface area (Å²) in [5.74, 6) is 0.985. The summed E-state index contributed by atoms with van der Waals surface area (Å²) in [7, 11) is 1.97. The third-order valence-corrected chi connectivity index (χ3v) is 9.43. The van der Waals surface area contributed by atoms with Gasteiger partial charge >= 0.3 is 6.03 Å². The van der Waals surface area contributed by atoms with E-state index in [1.807, 2.05) is 53.3 Å². The van der Waals surface area contributed by atoms with Crippen LogP contribution in [0.4, 0.5) is 4.79 Å². The van der Waals surface area contributed by atoms with Crippen molar-refractivity contribution in [2.24, 2.45) is 5.92 Å². The van der Waals surface area contributed by atoms with Gasteiger partial charge in [-0.05, 0) is 67.7 Å². The standard InChI is InChI=1S/C37H46N4O2/c1-4-21-41(37(43)38-26-29-17-15-28(2)16-18-29)33-19-22-40(23-20-33)27-32-24-34(25-35(32)30-11-7-5-8-12-30)39(3)36(42)31-13-9-6-10-14-31/h4-18,32-35H,1,19-27H2,2-3H3,(H,38,43)/t32-,34?,35-/m1/s1. The van der Waals surface area contributed by atoms with E-state index in [1.165, 1.54) is 11.1 Å². The fourth-order valence-corrected chi connectivity index (χ4v) is 6.94. The van der Waals surface area contributed by atoms with Gasteiger partial charge in [0.05, 0.1) is 0 Å². The fraction of sp³-hybridized carbons (Fsp3) is 0.405. The maximum absolute atomic E-state index is 13.3. The van der Waals surface area contributed by atoms with Crippen LogP contribution >= 0.6 is 0 Å². The predicted octanol–water partition coefficient (Wildman–Crippen LogP) is 6.49. The summed E-state index contributed by atoms with van der Waals surface area (Å²) in [6.07, 6.45) is 5.70. The Hall–Kier alpha value is -3.90. The van der Waals surface area contributed by atoms with Gasteiger partial charge in [0.25, 0.3) is 5.91 Å². The summed E-state index contributed by atoms with van der Waals surface area (Å²) in [5, 5.41) is 3.12. The first-order chi connectivity index (χ1) is 20.9. The second-order valence-corrected chi connectivity index (χ2v) is 12.3. The predicted molar refractivity (Wildman–Crippen MR) is 174 cm³/mol. The van der Waals surface area contributed by atoms with Crippen molar-refractivity contribution in [3.05, 3.63) is 120 Å². The number of amides is 3. The SMILES string of the molecule is C=CCN(C(=O)NCc1ccc(C)cc1)C1CCN(C[C@H]2CC(N(C)C(=O)c3ccccc3)C[C@@H]2c2ccccc2)CC1. The number of hydrogen-bond donors (Lipinski definition) is 1. The van der Waals surface area contributed by atoms with Crippen LogP contribution in [0.5, 0.6) is 0 Å². The van der Waals surface area contributed by atoms with Crippen LogP contribution in [0.2, 0.25) is 0 Å².